The second-order valence-corrected chi connectivity index (χ2v) is 9.98. The summed E-state index contributed by atoms with van der Waals surface area (Å²) in [5.74, 6) is 1.40. The van der Waals surface area contributed by atoms with Crippen molar-refractivity contribution in [2.24, 2.45) is 0 Å². The maximum absolute atomic E-state index is 14.0. The molecule has 0 aromatic heterocycles. The molecule has 4 aromatic carbocycles. The van der Waals surface area contributed by atoms with Crippen molar-refractivity contribution in [1.82, 2.24) is 4.90 Å². The molecule has 192 valence electrons. The molecule has 0 saturated heterocycles. The first-order chi connectivity index (χ1) is 18.5. The molecule has 0 atom stereocenters. The quantitative estimate of drug-likeness (QED) is 0.234. The number of hydrogen-bond donors (Lipinski definition) is 0. The minimum Gasteiger partial charge on any atom is -0.488 e. The Morgan fingerprint density at radius 3 is 2.03 bits per heavy atom. The lowest BCUT2D eigenvalue weighted by Gasteiger charge is -2.22. The number of ether oxygens (including phenoxy) is 2. The highest BCUT2D eigenvalue weighted by atomic mass is 16.5. The van der Waals surface area contributed by atoms with Gasteiger partial charge in [-0.2, -0.15) is 0 Å². The van der Waals surface area contributed by atoms with Gasteiger partial charge in [-0.25, -0.2) is 0 Å². The number of fused-ring (bicyclic) bond motifs is 1. The van der Waals surface area contributed by atoms with Crippen LogP contribution in [0, 0.1) is 0 Å². The van der Waals surface area contributed by atoms with E-state index >= 15 is 0 Å². The molecule has 0 radical (unpaired) electrons. The molecule has 0 saturated carbocycles. The maximum atomic E-state index is 14.0. The predicted molar refractivity (Wildman–Crippen MR) is 152 cm³/mol. The summed E-state index contributed by atoms with van der Waals surface area (Å²) in [5.41, 5.74) is 7.07. The highest BCUT2D eigenvalue weighted by molar-refractivity contribution is 5.98. The van der Waals surface area contributed by atoms with Crippen LogP contribution in [-0.2, 0) is 26.3 Å². The second-order valence-electron chi connectivity index (χ2n) is 9.98. The molecular formula is C34H33NO3. The van der Waals surface area contributed by atoms with Crippen molar-refractivity contribution >= 4 is 12.0 Å². The Labute approximate surface area is 225 Å². The van der Waals surface area contributed by atoms with Crippen molar-refractivity contribution in [3.8, 4) is 11.5 Å². The first-order valence-electron chi connectivity index (χ1n) is 13.1. The first-order valence-corrected chi connectivity index (χ1v) is 13.1. The summed E-state index contributed by atoms with van der Waals surface area (Å²) in [6.07, 6.45) is 1.84. The molecule has 0 bridgehead atoms. The molecule has 4 heteroatoms. The standard InChI is InChI=1S/C34H33NO3/c1-4-25-15-16-28-20-35(21-29(28)17-25)34(36)31-18-30(24(2)3)32(37-22-26-11-7-5-8-12-26)19-33(31)38-23-27-13-9-6-10-14-27/h4-19,24H,1,20-23H2,2-3H3. The minimum absolute atomic E-state index is 0.0408. The Bertz CT molecular complexity index is 1430. The maximum Gasteiger partial charge on any atom is 0.258 e. The van der Waals surface area contributed by atoms with Crippen molar-refractivity contribution in [1.29, 1.82) is 0 Å². The fraction of sp³-hybridized carbons (Fsp3) is 0.206. The molecule has 0 fully saturated rings. The summed E-state index contributed by atoms with van der Waals surface area (Å²) in [7, 11) is 0. The van der Waals surface area contributed by atoms with Crippen LogP contribution >= 0.6 is 0 Å². The Morgan fingerprint density at radius 2 is 1.42 bits per heavy atom. The van der Waals surface area contributed by atoms with E-state index in [2.05, 4.69) is 32.6 Å². The van der Waals surface area contributed by atoms with Crippen LogP contribution in [0.25, 0.3) is 6.08 Å². The Kier molecular flexibility index (Phi) is 7.60. The minimum atomic E-state index is -0.0408. The number of rotatable bonds is 9. The SMILES string of the molecule is C=Cc1ccc2c(c1)CN(C(=O)c1cc(C(C)C)c(OCc3ccccc3)cc1OCc1ccccc1)C2. The van der Waals surface area contributed by atoms with E-state index in [0.29, 0.717) is 37.6 Å². The molecule has 0 N–H and O–H groups in total. The molecule has 1 aliphatic heterocycles. The van der Waals surface area contributed by atoms with E-state index in [4.69, 9.17) is 9.47 Å². The highest BCUT2D eigenvalue weighted by Gasteiger charge is 2.28. The number of carbonyl (C=O) groups excluding carboxylic acids is 1. The highest BCUT2D eigenvalue weighted by Crippen LogP contribution is 2.37. The monoisotopic (exact) mass is 503 g/mol. The van der Waals surface area contributed by atoms with Crippen molar-refractivity contribution in [2.75, 3.05) is 0 Å². The zero-order chi connectivity index (χ0) is 26.5. The molecule has 0 aliphatic carbocycles. The molecule has 1 aliphatic rings. The van der Waals surface area contributed by atoms with Crippen molar-refractivity contribution in [3.63, 3.8) is 0 Å². The van der Waals surface area contributed by atoms with Gasteiger partial charge in [0.15, 0.2) is 0 Å². The topological polar surface area (TPSA) is 38.8 Å². The zero-order valence-electron chi connectivity index (χ0n) is 22.0. The van der Waals surface area contributed by atoms with E-state index < -0.39 is 0 Å². The van der Waals surface area contributed by atoms with Gasteiger partial charge in [0, 0.05) is 19.2 Å². The molecule has 4 nitrogen and oxygen atoms in total. The predicted octanol–water partition coefficient (Wildman–Crippen LogP) is 7.77. The third kappa shape index (κ3) is 5.65. The summed E-state index contributed by atoms with van der Waals surface area (Å²) in [6, 6.07) is 30.2. The third-order valence-electron chi connectivity index (χ3n) is 6.91. The van der Waals surface area contributed by atoms with E-state index in [1.165, 1.54) is 5.56 Å². The van der Waals surface area contributed by atoms with Crippen LogP contribution in [0.5, 0.6) is 11.5 Å². The molecule has 0 unspecified atom stereocenters. The van der Waals surface area contributed by atoms with E-state index in [0.717, 1.165) is 33.6 Å². The van der Waals surface area contributed by atoms with Crippen molar-refractivity contribution in [3.05, 3.63) is 137 Å². The lowest BCUT2D eigenvalue weighted by Crippen LogP contribution is -2.26. The van der Waals surface area contributed by atoms with Crippen molar-refractivity contribution in [2.45, 2.75) is 46.1 Å². The largest absolute Gasteiger partial charge is 0.488 e. The van der Waals surface area contributed by atoms with Gasteiger partial charge in [-0.1, -0.05) is 99.3 Å². The third-order valence-corrected chi connectivity index (χ3v) is 6.91. The molecule has 5 rings (SSSR count). The van der Waals surface area contributed by atoms with Crippen LogP contribution in [0.15, 0.2) is 97.6 Å². The fourth-order valence-corrected chi connectivity index (χ4v) is 4.77. The van der Waals surface area contributed by atoms with Gasteiger partial charge in [-0.15, -0.1) is 0 Å². The summed E-state index contributed by atoms with van der Waals surface area (Å²) >= 11 is 0. The van der Waals surface area contributed by atoms with Crippen molar-refractivity contribution < 1.29 is 14.3 Å². The normalized spacial score (nSPS) is 12.3. The molecule has 4 aromatic rings. The van der Waals surface area contributed by atoms with E-state index in [1.807, 2.05) is 89.8 Å². The van der Waals surface area contributed by atoms with Crippen LogP contribution < -0.4 is 9.47 Å². The molecule has 0 spiro atoms. The van der Waals surface area contributed by atoms with E-state index in [9.17, 15) is 4.79 Å². The van der Waals surface area contributed by atoms with Gasteiger partial charge in [0.1, 0.15) is 24.7 Å². The average Bonchev–Trinajstić information content (AvgIpc) is 3.39. The Balaban J connectivity index is 1.47. The Hall–Kier alpha value is -4.31. The number of nitrogens with zero attached hydrogens (tertiary/aromatic N) is 1. The number of hydrogen-bond acceptors (Lipinski definition) is 3. The summed E-state index contributed by atoms with van der Waals surface area (Å²) in [4.78, 5) is 15.8. The number of amides is 1. The summed E-state index contributed by atoms with van der Waals surface area (Å²) in [5, 5.41) is 0. The summed E-state index contributed by atoms with van der Waals surface area (Å²) in [6.45, 7) is 10.1. The second kappa shape index (κ2) is 11.4. The van der Waals surface area contributed by atoms with E-state index in [1.54, 1.807) is 0 Å². The van der Waals surface area contributed by atoms with Gasteiger partial charge in [-0.3, -0.25) is 4.79 Å². The number of benzene rings is 4. The van der Waals surface area contributed by atoms with E-state index in [-0.39, 0.29) is 11.8 Å². The van der Waals surface area contributed by atoms with Gasteiger partial charge in [0.05, 0.1) is 5.56 Å². The lowest BCUT2D eigenvalue weighted by molar-refractivity contribution is 0.0746. The van der Waals surface area contributed by atoms with Gasteiger partial charge in [-0.05, 0) is 51.4 Å². The molecule has 1 amide bonds. The van der Waals surface area contributed by atoms with Gasteiger partial charge in [0.2, 0.25) is 0 Å². The molecule has 1 heterocycles. The fourth-order valence-electron chi connectivity index (χ4n) is 4.77. The molecule has 38 heavy (non-hydrogen) atoms. The van der Waals surface area contributed by atoms with Gasteiger partial charge in [0.25, 0.3) is 5.91 Å². The van der Waals surface area contributed by atoms with Crippen LogP contribution in [0.1, 0.15) is 63.5 Å². The lowest BCUT2D eigenvalue weighted by atomic mass is 9.98. The van der Waals surface area contributed by atoms with Crippen LogP contribution in [0.3, 0.4) is 0 Å². The van der Waals surface area contributed by atoms with Crippen LogP contribution in [-0.4, -0.2) is 10.8 Å². The first kappa shape index (κ1) is 25.3. The van der Waals surface area contributed by atoms with Crippen LogP contribution in [0.4, 0.5) is 0 Å². The van der Waals surface area contributed by atoms with Crippen LogP contribution in [0.2, 0.25) is 0 Å². The van der Waals surface area contributed by atoms with Gasteiger partial charge < -0.3 is 14.4 Å². The zero-order valence-corrected chi connectivity index (χ0v) is 22.0. The molecular weight excluding hydrogens is 470 g/mol. The van der Waals surface area contributed by atoms with Gasteiger partial charge >= 0.3 is 0 Å². The summed E-state index contributed by atoms with van der Waals surface area (Å²) < 4.78 is 12.6. The number of carbonyl (C=O) groups is 1. The smallest absolute Gasteiger partial charge is 0.258 e. The average molecular weight is 504 g/mol. The Morgan fingerprint density at radius 1 is 0.816 bits per heavy atom.